The molecule has 1 aromatic heterocycles. The molecule has 2 N–H and O–H groups in total. The van der Waals surface area contributed by atoms with E-state index in [1.807, 2.05) is 6.07 Å². The molecule has 0 saturated heterocycles. The molecule has 0 aliphatic rings. The molecule has 9 nitrogen and oxygen atoms in total. The first kappa shape index (κ1) is 19.6. The zero-order chi connectivity index (χ0) is 20.8. The first-order valence-corrected chi connectivity index (χ1v) is 8.75. The van der Waals surface area contributed by atoms with Crippen LogP contribution in [0.1, 0.15) is 23.0 Å². The number of nitrogens with zero attached hydrogens (tertiary/aromatic N) is 3. The molecule has 0 saturated carbocycles. The van der Waals surface area contributed by atoms with Crippen LogP contribution < -0.4 is 21.1 Å². The zero-order valence-electron chi connectivity index (χ0n) is 15.5. The van der Waals surface area contributed by atoms with Gasteiger partial charge in [-0.3, -0.25) is 25.2 Å². The van der Waals surface area contributed by atoms with Crippen molar-refractivity contribution in [3.05, 3.63) is 70.1 Å². The molecule has 0 atom stereocenters. The lowest BCUT2D eigenvalue weighted by atomic mass is 10.1. The molecule has 0 aliphatic carbocycles. The number of hydrogen-bond donors (Lipinski definition) is 2. The van der Waals surface area contributed by atoms with E-state index < -0.39 is 11.8 Å². The molecule has 3 rings (SSSR count). The highest BCUT2D eigenvalue weighted by molar-refractivity contribution is 6.05. The summed E-state index contributed by atoms with van der Waals surface area (Å²) < 4.78 is 6.48. The minimum atomic E-state index is -0.657. The van der Waals surface area contributed by atoms with Gasteiger partial charge in [-0.2, -0.15) is 10.4 Å². The first-order chi connectivity index (χ1) is 14.0. The number of rotatable bonds is 5. The SMILES string of the molecule is CCn1nc(C(=O)NNC(=O)COc2ccc(C#N)cc2)c2ccccc2c1=O. The molecule has 0 radical (unpaired) electrons. The van der Waals surface area contributed by atoms with Crippen molar-refractivity contribution >= 4 is 22.6 Å². The van der Waals surface area contributed by atoms with E-state index in [9.17, 15) is 14.4 Å². The van der Waals surface area contributed by atoms with Crippen LogP contribution in [0.4, 0.5) is 0 Å². The van der Waals surface area contributed by atoms with Crippen molar-refractivity contribution in [3.63, 3.8) is 0 Å². The Morgan fingerprint density at radius 3 is 2.45 bits per heavy atom. The number of carbonyl (C=O) groups is 2. The van der Waals surface area contributed by atoms with Crippen molar-refractivity contribution in [2.24, 2.45) is 0 Å². The fourth-order valence-corrected chi connectivity index (χ4v) is 2.61. The molecule has 0 bridgehead atoms. The van der Waals surface area contributed by atoms with Crippen LogP contribution in [0.2, 0.25) is 0 Å². The molecular formula is C20H17N5O4. The average molecular weight is 391 g/mol. The van der Waals surface area contributed by atoms with E-state index in [-0.39, 0.29) is 17.9 Å². The summed E-state index contributed by atoms with van der Waals surface area (Å²) in [5.41, 5.74) is 4.73. The Hall–Kier alpha value is -4.19. The number of carbonyl (C=O) groups excluding carboxylic acids is 2. The van der Waals surface area contributed by atoms with Gasteiger partial charge in [-0.15, -0.1) is 0 Å². The van der Waals surface area contributed by atoms with Gasteiger partial charge in [-0.05, 0) is 37.3 Å². The Morgan fingerprint density at radius 1 is 1.10 bits per heavy atom. The van der Waals surface area contributed by atoms with Crippen LogP contribution >= 0.6 is 0 Å². The number of benzene rings is 2. The fraction of sp³-hybridized carbons (Fsp3) is 0.150. The number of ether oxygens (including phenoxy) is 1. The lowest BCUT2D eigenvalue weighted by Gasteiger charge is -2.11. The van der Waals surface area contributed by atoms with E-state index in [2.05, 4.69) is 16.0 Å². The van der Waals surface area contributed by atoms with Gasteiger partial charge in [0, 0.05) is 11.9 Å². The molecule has 3 aromatic rings. The van der Waals surface area contributed by atoms with Crippen LogP contribution in [0.5, 0.6) is 5.75 Å². The van der Waals surface area contributed by atoms with Crippen LogP contribution in [0.25, 0.3) is 10.8 Å². The summed E-state index contributed by atoms with van der Waals surface area (Å²) in [6.07, 6.45) is 0. The molecule has 0 fully saturated rings. The number of nitriles is 1. The largest absolute Gasteiger partial charge is 0.484 e. The Morgan fingerprint density at radius 2 is 1.79 bits per heavy atom. The van der Waals surface area contributed by atoms with Gasteiger partial charge in [0.25, 0.3) is 17.4 Å². The Kier molecular flexibility index (Phi) is 5.85. The number of aryl methyl sites for hydroxylation is 1. The number of fused-ring (bicyclic) bond motifs is 1. The lowest BCUT2D eigenvalue weighted by Crippen LogP contribution is -2.44. The van der Waals surface area contributed by atoms with E-state index in [1.54, 1.807) is 55.5 Å². The van der Waals surface area contributed by atoms with Gasteiger partial charge in [0.15, 0.2) is 12.3 Å². The highest BCUT2D eigenvalue weighted by atomic mass is 16.5. The van der Waals surface area contributed by atoms with Crippen molar-refractivity contribution in [1.82, 2.24) is 20.6 Å². The maximum atomic E-state index is 12.5. The zero-order valence-corrected chi connectivity index (χ0v) is 15.5. The van der Waals surface area contributed by atoms with Crippen molar-refractivity contribution in [3.8, 4) is 11.8 Å². The van der Waals surface area contributed by atoms with Crippen LogP contribution in [0, 0.1) is 11.3 Å². The third-order valence-corrected chi connectivity index (χ3v) is 4.05. The molecular weight excluding hydrogens is 374 g/mol. The van der Waals surface area contributed by atoms with E-state index in [0.717, 1.165) is 0 Å². The third kappa shape index (κ3) is 4.39. The monoisotopic (exact) mass is 391 g/mol. The van der Waals surface area contributed by atoms with E-state index in [0.29, 0.717) is 28.6 Å². The van der Waals surface area contributed by atoms with Crippen LogP contribution in [0.15, 0.2) is 53.3 Å². The number of amides is 2. The molecule has 2 aromatic carbocycles. The first-order valence-electron chi connectivity index (χ1n) is 8.75. The standard InChI is InChI=1S/C20H17N5O4/c1-2-25-20(28)16-6-4-3-5-15(16)18(24-25)19(27)23-22-17(26)12-29-14-9-7-13(11-21)8-10-14/h3-10H,2,12H2,1H3,(H,22,26)(H,23,27). The summed E-state index contributed by atoms with van der Waals surface area (Å²) in [6, 6.07) is 14.9. The summed E-state index contributed by atoms with van der Waals surface area (Å²) in [7, 11) is 0. The van der Waals surface area contributed by atoms with Crippen molar-refractivity contribution < 1.29 is 14.3 Å². The summed E-state index contributed by atoms with van der Waals surface area (Å²) in [5, 5.41) is 13.6. The number of hydrogen-bond acceptors (Lipinski definition) is 6. The fourth-order valence-electron chi connectivity index (χ4n) is 2.61. The molecule has 0 aliphatic heterocycles. The van der Waals surface area contributed by atoms with Crippen molar-refractivity contribution in [2.45, 2.75) is 13.5 Å². The molecule has 1 heterocycles. The van der Waals surface area contributed by atoms with E-state index in [4.69, 9.17) is 10.00 Å². The highest BCUT2D eigenvalue weighted by Crippen LogP contribution is 2.13. The normalized spacial score (nSPS) is 10.2. The third-order valence-electron chi connectivity index (χ3n) is 4.05. The van der Waals surface area contributed by atoms with Gasteiger partial charge in [0.05, 0.1) is 17.0 Å². The van der Waals surface area contributed by atoms with Crippen LogP contribution in [-0.4, -0.2) is 28.2 Å². The molecule has 146 valence electrons. The van der Waals surface area contributed by atoms with Gasteiger partial charge >= 0.3 is 0 Å². The van der Waals surface area contributed by atoms with Gasteiger partial charge in [0.2, 0.25) is 0 Å². The van der Waals surface area contributed by atoms with Gasteiger partial charge in [-0.25, -0.2) is 4.68 Å². The van der Waals surface area contributed by atoms with Gasteiger partial charge in [0.1, 0.15) is 5.75 Å². The quantitative estimate of drug-likeness (QED) is 0.628. The second-order valence-electron chi connectivity index (χ2n) is 5.94. The number of hydrazine groups is 1. The second kappa shape index (κ2) is 8.67. The number of aromatic nitrogens is 2. The van der Waals surface area contributed by atoms with E-state index in [1.165, 1.54) is 4.68 Å². The summed E-state index contributed by atoms with van der Waals surface area (Å²) in [4.78, 5) is 36.8. The summed E-state index contributed by atoms with van der Waals surface area (Å²) in [5.74, 6) is -0.834. The Bertz CT molecular complexity index is 1160. The van der Waals surface area contributed by atoms with Crippen LogP contribution in [0.3, 0.4) is 0 Å². The van der Waals surface area contributed by atoms with Gasteiger partial charge in [-0.1, -0.05) is 18.2 Å². The summed E-state index contributed by atoms with van der Waals surface area (Å²) in [6.45, 7) is 1.71. The predicted molar refractivity (Wildman–Crippen MR) is 104 cm³/mol. The topological polar surface area (TPSA) is 126 Å². The molecule has 0 unspecified atom stereocenters. The van der Waals surface area contributed by atoms with Crippen molar-refractivity contribution in [1.29, 1.82) is 5.26 Å². The minimum Gasteiger partial charge on any atom is -0.484 e. The maximum Gasteiger partial charge on any atom is 0.290 e. The minimum absolute atomic E-state index is 0.0235. The Balaban J connectivity index is 1.66. The average Bonchev–Trinajstić information content (AvgIpc) is 2.76. The second-order valence-corrected chi connectivity index (χ2v) is 5.94. The Labute approximate surface area is 165 Å². The highest BCUT2D eigenvalue weighted by Gasteiger charge is 2.16. The van der Waals surface area contributed by atoms with E-state index >= 15 is 0 Å². The predicted octanol–water partition coefficient (Wildman–Crippen LogP) is 1.13. The molecule has 2 amide bonds. The smallest absolute Gasteiger partial charge is 0.290 e. The van der Waals surface area contributed by atoms with Crippen LogP contribution in [-0.2, 0) is 11.3 Å². The lowest BCUT2D eigenvalue weighted by molar-refractivity contribution is -0.123. The summed E-state index contributed by atoms with van der Waals surface area (Å²) >= 11 is 0. The van der Waals surface area contributed by atoms with Crippen molar-refractivity contribution in [2.75, 3.05) is 6.61 Å². The molecule has 9 heteroatoms. The maximum absolute atomic E-state index is 12.5. The number of nitrogens with one attached hydrogen (secondary N) is 2. The van der Waals surface area contributed by atoms with Gasteiger partial charge < -0.3 is 4.74 Å². The molecule has 29 heavy (non-hydrogen) atoms. The molecule has 0 spiro atoms.